The summed E-state index contributed by atoms with van der Waals surface area (Å²) in [6.07, 6.45) is 1.22. The van der Waals surface area contributed by atoms with Crippen molar-refractivity contribution in [3.8, 4) is 0 Å². The molecule has 0 bridgehead atoms. The highest BCUT2D eigenvalue weighted by molar-refractivity contribution is 7.74. The second kappa shape index (κ2) is 5.74. The fraction of sp³-hybridized carbons (Fsp3) is 0.500. The fourth-order valence-corrected chi connectivity index (χ4v) is 0.438. The molecule has 0 aromatic rings. The van der Waals surface area contributed by atoms with E-state index in [1.165, 1.54) is 6.26 Å². The Morgan fingerprint density at radius 2 is 2.33 bits per heavy atom. The second-order valence-electron chi connectivity index (χ2n) is 1.06. The highest BCUT2D eigenvalue weighted by atomic mass is 32.2. The topological polar surface area (TPSA) is 58.6 Å². The summed E-state index contributed by atoms with van der Waals surface area (Å²) in [5.41, 5.74) is 0. The fourth-order valence-electron chi connectivity index (χ4n) is 0.234. The minimum Gasteiger partial charge on any atom is -0.750 e. The van der Waals surface area contributed by atoms with Gasteiger partial charge in [0, 0.05) is 0 Å². The lowest BCUT2D eigenvalue weighted by atomic mass is 10.8. The van der Waals surface area contributed by atoms with Crippen molar-refractivity contribution in [2.24, 2.45) is 0 Å². The maximum atomic E-state index is 9.66. The summed E-state index contributed by atoms with van der Waals surface area (Å²) in [6.45, 7) is 3.48. The Balaban J connectivity index is 2.91. The summed E-state index contributed by atoms with van der Waals surface area (Å²) in [7, 11) is 0. The first-order valence-electron chi connectivity index (χ1n) is 2.22. The van der Waals surface area contributed by atoms with Gasteiger partial charge in [-0.3, -0.25) is 4.18 Å². The van der Waals surface area contributed by atoms with Crippen LogP contribution in [0, 0.1) is 0 Å². The van der Waals surface area contributed by atoms with Crippen LogP contribution in [-0.2, 0) is 20.3 Å². The average molecular weight is 151 g/mol. The van der Waals surface area contributed by atoms with Gasteiger partial charge in [0.05, 0.1) is 24.2 Å². The molecule has 0 aromatic heterocycles. The largest absolute Gasteiger partial charge is 0.750 e. The maximum Gasteiger partial charge on any atom is 0.112 e. The van der Waals surface area contributed by atoms with E-state index in [4.69, 9.17) is 0 Å². The van der Waals surface area contributed by atoms with Crippen LogP contribution in [-0.4, -0.2) is 22.0 Å². The van der Waals surface area contributed by atoms with Crippen LogP contribution in [0.25, 0.3) is 0 Å². The van der Waals surface area contributed by atoms with Gasteiger partial charge < -0.3 is 9.29 Å². The van der Waals surface area contributed by atoms with E-state index in [-0.39, 0.29) is 13.2 Å². The molecular formula is C4H7O4S-. The van der Waals surface area contributed by atoms with Gasteiger partial charge in [0.25, 0.3) is 0 Å². The summed E-state index contributed by atoms with van der Waals surface area (Å²) >= 11 is -2.43. The van der Waals surface area contributed by atoms with Gasteiger partial charge in [-0.05, 0) is 0 Å². The lowest BCUT2D eigenvalue weighted by Gasteiger charge is -2.03. The van der Waals surface area contributed by atoms with Crippen LogP contribution >= 0.6 is 0 Å². The van der Waals surface area contributed by atoms with Crippen LogP contribution in [0.5, 0.6) is 0 Å². The lowest BCUT2D eigenvalue weighted by molar-refractivity contribution is 0.179. The lowest BCUT2D eigenvalue weighted by Crippen LogP contribution is -2.02. The van der Waals surface area contributed by atoms with Crippen molar-refractivity contribution in [1.82, 2.24) is 0 Å². The average Bonchev–Trinajstić information content (AvgIpc) is 1.80. The third-order valence-corrected chi connectivity index (χ3v) is 0.858. The minimum absolute atomic E-state index is 0.0299. The summed E-state index contributed by atoms with van der Waals surface area (Å²) in [5, 5.41) is 0. The second-order valence-corrected chi connectivity index (χ2v) is 1.71. The summed E-state index contributed by atoms with van der Waals surface area (Å²) in [4.78, 5) is 0. The molecular weight excluding hydrogens is 144 g/mol. The predicted molar refractivity (Wildman–Crippen MR) is 31.0 cm³/mol. The van der Waals surface area contributed by atoms with Crippen LogP contribution in [0.1, 0.15) is 0 Å². The molecule has 4 nitrogen and oxygen atoms in total. The van der Waals surface area contributed by atoms with Gasteiger partial charge in [-0.25, -0.2) is 4.21 Å². The molecule has 9 heavy (non-hydrogen) atoms. The normalized spacial score (nSPS) is 12.6. The zero-order valence-electron chi connectivity index (χ0n) is 4.74. The van der Waals surface area contributed by atoms with E-state index >= 15 is 0 Å². The van der Waals surface area contributed by atoms with Crippen molar-refractivity contribution in [2.75, 3.05) is 13.2 Å². The Bertz CT molecular complexity index is 103. The van der Waals surface area contributed by atoms with Crippen LogP contribution in [0.15, 0.2) is 12.8 Å². The van der Waals surface area contributed by atoms with Crippen molar-refractivity contribution < 1.29 is 17.7 Å². The number of hydrogen-bond acceptors (Lipinski definition) is 4. The number of ether oxygens (including phenoxy) is 1. The van der Waals surface area contributed by atoms with Crippen LogP contribution in [0.4, 0.5) is 0 Å². The van der Waals surface area contributed by atoms with Crippen molar-refractivity contribution in [3.63, 3.8) is 0 Å². The molecule has 1 atom stereocenters. The van der Waals surface area contributed by atoms with Crippen LogP contribution < -0.4 is 0 Å². The molecule has 0 aromatic carbocycles. The monoisotopic (exact) mass is 151 g/mol. The zero-order valence-corrected chi connectivity index (χ0v) is 5.56. The van der Waals surface area contributed by atoms with Crippen molar-refractivity contribution in [1.29, 1.82) is 0 Å². The molecule has 0 aliphatic carbocycles. The molecule has 0 rings (SSSR count). The molecule has 0 saturated carbocycles. The molecule has 0 radical (unpaired) electrons. The SMILES string of the molecule is C=COCCOS(=O)[O-]. The standard InChI is InChI=1S/C4H8O4S/c1-2-7-3-4-8-9(5)6/h2H,1,3-4H2,(H,5,6)/p-1. The Hall–Kier alpha value is -0.390. The Morgan fingerprint density at radius 3 is 2.78 bits per heavy atom. The van der Waals surface area contributed by atoms with Crippen molar-refractivity contribution in [2.45, 2.75) is 0 Å². The molecule has 0 saturated heterocycles. The molecule has 0 spiro atoms. The van der Waals surface area contributed by atoms with Gasteiger partial charge in [0.15, 0.2) is 0 Å². The van der Waals surface area contributed by atoms with E-state index in [1.54, 1.807) is 0 Å². The Morgan fingerprint density at radius 1 is 1.67 bits per heavy atom. The maximum absolute atomic E-state index is 9.66. The molecule has 1 unspecified atom stereocenters. The molecule has 0 N–H and O–H groups in total. The van der Waals surface area contributed by atoms with Gasteiger partial charge >= 0.3 is 0 Å². The van der Waals surface area contributed by atoms with Crippen molar-refractivity contribution in [3.05, 3.63) is 12.8 Å². The van der Waals surface area contributed by atoms with Gasteiger partial charge in [0.2, 0.25) is 0 Å². The first-order valence-corrected chi connectivity index (χ1v) is 3.22. The highest BCUT2D eigenvalue weighted by Gasteiger charge is 1.83. The summed E-state index contributed by atoms with van der Waals surface area (Å²) in [6, 6.07) is 0. The third kappa shape index (κ3) is 7.61. The molecule has 0 heterocycles. The molecule has 54 valence electrons. The number of rotatable bonds is 5. The van der Waals surface area contributed by atoms with Crippen LogP contribution in [0.2, 0.25) is 0 Å². The third-order valence-electron chi connectivity index (χ3n) is 0.499. The summed E-state index contributed by atoms with van der Waals surface area (Å²) < 4.78 is 28.0. The van der Waals surface area contributed by atoms with Gasteiger partial charge in [0.1, 0.15) is 6.61 Å². The van der Waals surface area contributed by atoms with E-state index in [1.807, 2.05) is 0 Å². The predicted octanol–water partition coefficient (Wildman–Crippen LogP) is -0.0428. The number of hydrogen-bond donors (Lipinski definition) is 0. The van der Waals surface area contributed by atoms with E-state index in [0.29, 0.717) is 0 Å². The van der Waals surface area contributed by atoms with E-state index < -0.39 is 11.4 Å². The molecule has 0 aliphatic rings. The Kier molecular flexibility index (Phi) is 5.49. The van der Waals surface area contributed by atoms with Crippen LogP contribution in [0.3, 0.4) is 0 Å². The molecule has 0 aliphatic heterocycles. The quantitative estimate of drug-likeness (QED) is 0.314. The minimum atomic E-state index is -2.43. The molecule has 5 heteroatoms. The molecule has 0 fully saturated rings. The smallest absolute Gasteiger partial charge is 0.112 e. The first kappa shape index (κ1) is 8.61. The highest BCUT2D eigenvalue weighted by Crippen LogP contribution is 1.79. The zero-order chi connectivity index (χ0) is 7.11. The Labute approximate surface area is 56.0 Å². The summed E-state index contributed by atoms with van der Waals surface area (Å²) in [5.74, 6) is 0. The van der Waals surface area contributed by atoms with Gasteiger partial charge in [-0.1, -0.05) is 6.58 Å². The van der Waals surface area contributed by atoms with E-state index in [0.717, 1.165) is 0 Å². The van der Waals surface area contributed by atoms with Gasteiger partial charge in [-0.2, -0.15) is 0 Å². The van der Waals surface area contributed by atoms with E-state index in [9.17, 15) is 8.76 Å². The van der Waals surface area contributed by atoms with Gasteiger partial charge in [-0.15, -0.1) is 0 Å². The van der Waals surface area contributed by atoms with Crippen molar-refractivity contribution >= 4 is 11.4 Å². The van der Waals surface area contributed by atoms with E-state index in [2.05, 4.69) is 15.5 Å². The molecule has 0 amide bonds. The first-order chi connectivity index (χ1) is 4.27.